The highest BCUT2D eigenvalue weighted by atomic mass is 16.5. The van der Waals surface area contributed by atoms with Gasteiger partial charge in [0.2, 0.25) is 0 Å². The smallest absolute Gasteiger partial charge is 0.338 e. The first-order valence-corrected chi connectivity index (χ1v) is 10.9. The molecule has 0 spiro atoms. The van der Waals surface area contributed by atoms with Crippen molar-refractivity contribution in [2.75, 3.05) is 19.0 Å². The predicted molar refractivity (Wildman–Crippen MR) is 127 cm³/mol. The van der Waals surface area contributed by atoms with Gasteiger partial charge in [0.25, 0.3) is 5.91 Å². The standard InChI is InChI=1S/C27H23NO7/c1-15(2)35-21-12-11-16(13-22(21)33-3)27(32)34-14-23(29)28-20-10-6-9-19-24(20)26(31)18-8-5-4-7-17(18)25(19)30/h4-13,15H,14H2,1-3H3,(H,28,29). The molecule has 0 saturated carbocycles. The van der Waals surface area contributed by atoms with E-state index in [0.717, 1.165) is 0 Å². The summed E-state index contributed by atoms with van der Waals surface area (Å²) >= 11 is 0. The Kier molecular flexibility index (Phi) is 6.64. The Labute approximate surface area is 201 Å². The Morgan fingerprint density at radius 3 is 2.23 bits per heavy atom. The monoisotopic (exact) mass is 473 g/mol. The number of hydrogen-bond donors (Lipinski definition) is 1. The Morgan fingerprint density at radius 1 is 0.857 bits per heavy atom. The zero-order valence-corrected chi connectivity index (χ0v) is 19.4. The fraction of sp³-hybridized carbons (Fsp3) is 0.185. The maximum atomic E-state index is 13.1. The molecule has 35 heavy (non-hydrogen) atoms. The van der Waals surface area contributed by atoms with Crippen molar-refractivity contribution in [3.05, 3.63) is 88.5 Å². The summed E-state index contributed by atoms with van der Waals surface area (Å²) in [5.74, 6) is -1.21. The highest BCUT2D eigenvalue weighted by molar-refractivity contribution is 6.30. The number of esters is 1. The van der Waals surface area contributed by atoms with Gasteiger partial charge < -0.3 is 19.5 Å². The van der Waals surface area contributed by atoms with Gasteiger partial charge >= 0.3 is 5.97 Å². The fourth-order valence-electron chi connectivity index (χ4n) is 3.80. The number of anilines is 1. The van der Waals surface area contributed by atoms with Crippen LogP contribution in [0.25, 0.3) is 0 Å². The van der Waals surface area contributed by atoms with Crippen molar-refractivity contribution in [2.45, 2.75) is 20.0 Å². The number of ketones is 2. The SMILES string of the molecule is COc1cc(C(=O)OCC(=O)Nc2cccc3c2C(=O)c2ccccc2C3=O)ccc1OC(C)C. The molecule has 0 heterocycles. The molecule has 0 saturated heterocycles. The van der Waals surface area contributed by atoms with Gasteiger partial charge in [-0.15, -0.1) is 0 Å². The number of carbonyl (C=O) groups is 4. The lowest BCUT2D eigenvalue weighted by Crippen LogP contribution is -2.26. The Bertz CT molecular complexity index is 1340. The number of fused-ring (bicyclic) bond motifs is 2. The summed E-state index contributed by atoms with van der Waals surface area (Å²) in [6, 6.07) is 15.7. The van der Waals surface area contributed by atoms with Gasteiger partial charge in [-0.3, -0.25) is 14.4 Å². The van der Waals surface area contributed by atoms with E-state index in [4.69, 9.17) is 14.2 Å². The van der Waals surface area contributed by atoms with E-state index in [0.29, 0.717) is 17.1 Å². The molecule has 3 aromatic carbocycles. The van der Waals surface area contributed by atoms with E-state index < -0.39 is 18.5 Å². The van der Waals surface area contributed by atoms with Crippen molar-refractivity contribution in [1.82, 2.24) is 0 Å². The summed E-state index contributed by atoms with van der Waals surface area (Å²) in [5, 5.41) is 2.58. The number of benzene rings is 3. The van der Waals surface area contributed by atoms with Crippen LogP contribution >= 0.6 is 0 Å². The van der Waals surface area contributed by atoms with Gasteiger partial charge in [-0.2, -0.15) is 0 Å². The molecule has 1 N–H and O–H groups in total. The van der Waals surface area contributed by atoms with Crippen LogP contribution in [0.15, 0.2) is 60.7 Å². The minimum absolute atomic E-state index is 0.0789. The number of amides is 1. The van der Waals surface area contributed by atoms with Gasteiger partial charge in [-0.1, -0.05) is 36.4 Å². The van der Waals surface area contributed by atoms with Crippen LogP contribution in [-0.2, 0) is 9.53 Å². The van der Waals surface area contributed by atoms with E-state index >= 15 is 0 Å². The molecule has 0 aliphatic heterocycles. The lowest BCUT2D eigenvalue weighted by Gasteiger charge is -2.20. The second-order valence-corrected chi connectivity index (χ2v) is 8.09. The number of methoxy groups -OCH3 is 1. The van der Waals surface area contributed by atoms with E-state index in [2.05, 4.69) is 5.32 Å². The van der Waals surface area contributed by atoms with Gasteiger partial charge in [0.15, 0.2) is 29.7 Å². The average Bonchev–Trinajstić information content (AvgIpc) is 2.85. The van der Waals surface area contributed by atoms with E-state index in [9.17, 15) is 19.2 Å². The Morgan fingerprint density at radius 2 is 1.54 bits per heavy atom. The van der Waals surface area contributed by atoms with Crippen molar-refractivity contribution < 1.29 is 33.4 Å². The van der Waals surface area contributed by atoms with Gasteiger partial charge in [-0.25, -0.2) is 4.79 Å². The van der Waals surface area contributed by atoms with E-state index in [1.54, 1.807) is 42.5 Å². The summed E-state index contributed by atoms with van der Waals surface area (Å²) in [6.45, 7) is 3.15. The first-order chi connectivity index (χ1) is 16.8. The van der Waals surface area contributed by atoms with E-state index in [1.165, 1.54) is 25.3 Å². The van der Waals surface area contributed by atoms with Crippen LogP contribution in [-0.4, -0.2) is 43.3 Å². The summed E-state index contributed by atoms with van der Waals surface area (Å²) in [5.41, 5.74) is 1.27. The van der Waals surface area contributed by atoms with Crippen LogP contribution in [0.4, 0.5) is 5.69 Å². The van der Waals surface area contributed by atoms with Crippen LogP contribution in [0.2, 0.25) is 0 Å². The van der Waals surface area contributed by atoms with Gasteiger partial charge in [-0.05, 0) is 38.1 Å². The number of hydrogen-bond acceptors (Lipinski definition) is 7. The Balaban J connectivity index is 1.46. The molecule has 178 valence electrons. The molecule has 0 atom stereocenters. The van der Waals surface area contributed by atoms with Crippen molar-refractivity contribution in [2.24, 2.45) is 0 Å². The van der Waals surface area contributed by atoms with Crippen LogP contribution in [0.3, 0.4) is 0 Å². The molecule has 0 unspecified atom stereocenters. The van der Waals surface area contributed by atoms with Crippen molar-refractivity contribution >= 4 is 29.1 Å². The molecule has 8 nitrogen and oxygen atoms in total. The second kappa shape index (κ2) is 9.80. The van der Waals surface area contributed by atoms with Crippen molar-refractivity contribution in [3.8, 4) is 11.5 Å². The lowest BCUT2D eigenvalue weighted by atomic mass is 9.83. The summed E-state index contributed by atoms with van der Waals surface area (Å²) in [4.78, 5) is 50.9. The zero-order chi connectivity index (χ0) is 25.1. The number of nitrogens with one attached hydrogen (secondary N) is 1. The van der Waals surface area contributed by atoms with Crippen LogP contribution in [0.1, 0.15) is 56.0 Å². The highest BCUT2D eigenvalue weighted by Gasteiger charge is 2.31. The largest absolute Gasteiger partial charge is 0.493 e. The highest BCUT2D eigenvalue weighted by Crippen LogP contribution is 2.32. The zero-order valence-electron chi connectivity index (χ0n) is 19.4. The molecular weight excluding hydrogens is 450 g/mol. The topological polar surface area (TPSA) is 108 Å². The first-order valence-electron chi connectivity index (χ1n) is 10.9. The molecule has 3 aromatic rings. The van der Waals surface area contributed by atoms with Gasteiger partial charge in [0.05, 0.1) is 30.0 Å². The summed E-state index contributed by atoms with van der Waals surface area (Å²) in [7, 11) is 1.45. The van der Waals surface area contributed by atoms with Crippen LogP contribution in [0, 0.1) is 0 Å². The van der Waals surface area contributed by atoms with Crippen LogP contribution in [0.5, 0.6) is 11.5 Å². The van der Waals surface area contributed by atoms with E-state index in [-0.39, 0.29) is 45.6 Å². The third-order valence-corrected chi connectivity index (χ3v) is 5.32. The first kappa shape index (κ1) is 23.7. The third kappa shape index (κ3) is 4.77. The molecule has 1 aliphatic rings. The molecule has 0 bridgehead atoms. The van der Waals surface area contributed by atoms with Gasteiger partial charge in [0.1, 0.15) is 0 Å². The summed E-state index contributed by atoms with van der Waals surface area (Å²) in [6.07, 6.45) is -0.0789. The van der Waals surface area contributed by atoms with E-state index in [1.807, 2.05) is 13.8 Å². The minimum atomic E-state index is -0.732. The molecular formula is C27H23NO7. The van der Waals surface area contributed by atoms with Crippen molar-refractivity contribution in [3.63, 3.8) is 0 Å². The quantitative estimate of drug-likeness (QED) is 0.403. The normalized spacial score (nSPS) is 12.0. The Hall–Kier alpha value is -4.46. The lowest BCUT2D eigenvalue weighted by molar-refractivity contribution is -0.119. The average molecular weight is 473 g/mol. The summed E-state index contributed by atoms with van der Waals surface area (Å²) < 4.78 is 16.0. The number of rotatable bonds is 7. The third-order valence-electron chi connectivity index (χ3n) is 5.32. The van der Waals surface area contributed by atoms with Gasteiger partial charge in [0, 0.05) is 16.7 Å². The molecule has 0 fully saturated rings. The fourth-order valence-corrected chi connectivity index (χ4v) is 3.80. The molecule has 0 aromatic heterocycles. The predicted octanol–water partition coefficient (Wildman–Crippen LogP) is 4.05. The molecule has 1 aliphatic carbocycles. The maximum Gasteiger partial charge on any atom is 0.338 e. The number of ether oxygens (including phenoxy) is 3. The van der Waals surface area contributed by atoms with Crippen molar-refractivity contribution in [1.29, 1.82) is 0 Å². The molecule has 8 heteroatoms. The number of carbonyl (C=O) groups excluding carboxylic acids is 4. The molecule has 4 rings (SSSR count). The maximum absolute atomic E-state index is 13.1. The molecule has 0 radical (unpaired) electrons. The second-order valence-electron chi connectivity index (χ2n) is 8.09. The minimum Gasteiger partial charge on any atom is -0.493 e. The van der Waals surface area contributed by atoms with Crippen LogP contribution < -0.4 is 14.8 Å². The molecule has 1 amide bonds.